The van der Waals surface area contributed by atoms with Gasteiger partial charge in [0.2, 0.25) is 0 Å². The minimum atomic E-state index is -1.75. The van der Waals surface area contributed by atoms with Crippen molar-refractivity contribution in [2.24, 2.45) is 0 Å². The van der Waals surface area contributed by atoms with Gasteiger partial charge in [-0.2, -0.15) is 0 Å². The van der Waals surface area contributed by atoms with Crippen LogP contribution in [-0.2, 0) is 19.5 Å². The Kier molecular flexibility index (Phi) is 28.8. The fourth-order valence-electron chi connectivity index (χ4n) is 0. The first kappa shape index (κ1) is 22.5. The van der Waals surface area contributed by atoms with Gasteiger partial charge >= 0.3 is 19.5 Å². The van der Waals surface area contributed by atoms with Gasteiger partial charge in [0.25, 0.3) is 0 Å². The molecular weight excluding hydrogens is 289 g/mol. The Morgan fingerprint density at radius 3 is 0.538 bits per heavy atom. The molecule has 0 aromatic heterocycles. The van der Waals surface area contributed by atoms with Gasteiger partial charge in [0.1, 0.15) is 0 Å². The van der Waals surface area contributed by atoms with Crippen molar-refractivity contribution in [2.75, 3.05) is 0 Å². The van der Waals surface area contributed by atoms with Crippen LogP contribution in [0.5, 0.6) is 0 Å². The van der Waals surface area contributed by atoms with Crippen LogP contribution in [0.15, 0.2) is 0 Å². The van der Waals surface area contributed by atoms with Crippen molar-refractivity contribution in [3.8, 4) is 0 Å². The summed E-state index contributed by atoms with van der Waals surface area (Å²) >= 11 is 0. The monoisotopic (exact) mass is 289 g/mol. The van der Waals surface area contributed by atoms with E-state index in [4.69, 9.17) is 46.0 Å². The van der Waals surface area contributed by atoms with Crippen LogP contribution in [0.2, 0.25) is 0 Å². The third-order valence-corrected chi connectivity index (χ3v) is 0. The summed E-state index contributed by atoms with van der Waals surface area (Å²) in [4.78, 5) is 24.8. The van der Waals surface area contributed by atoms with Crippen LogP contribution >= 0.6 is 0 Å². The van der Waals surface area contributed by atoms with Crippen LogP contribution in [0.25, 0.3) is 0 Å². The summed E-state index contributed by atoms with van der Waals surface area (Å²) in [5.74, 6) is 0. The van der Waals surface area contributed by atoms with Crippen LogP contribution in [0.1, 0.15) is 0 Å². The summed E-state index contributed by atoms with van der Waals surface area (Å²) in [5, 5.41) is 44.2. The van der Waals surface area contributed by atoms with Crippen LogP contribution in [0, 0.1) is 46.0 Å². The van der Waals surface area contributed by atoms with Gasteiger partial charge in [0, 0.05) is 0 Å². The van der Waals surface area contributed by atoms with Gasteiger partial charge in [0.05, 0.1) is 15.3 Å². The molecule has 12 nitrogen and oxygen atoms in total. The van der Waals surface area contributed by atoms with Crippen molar-refractivity contribution in [1.82, 2.24) is 0 Å². The molecule has 0 aliphatic rings. The normalized spacial score (nSPS) is 5.54. The molecule has 0 saturated carbocycles. The molecule has 0 radical (unpaired) electrons. The van der Waals surface area contributed by atoms with E-state index in [0.29, 0.717) is 0 Å². The Labute approximate surface area is 81.5 Å². The molecule has 0 aliphatic heterocycles. The van der Waals surface area contributed by atoms with E-state index >= 15 is 0 Å². The molecule has 0 aromatic carbocycles. The molecule has 0 bridgehead atoms. The first-order valence-electron chi connectivity index (χ1n) is 1.64. The van der Waals surface area contributed by atoms with E-state index in [0.717, 1.165) is 0 Å². The maximum absolute atomic E-state index is 8.25. The quantitative estimate of drug-likeness (QED) is 0.313. The summed E-state index contributed by atoms with van der Waals surface area (Å²) in [6, 6.07) is 0. The number of hydrogen-bond donors (Lipinski definition) is 0. The first-order valence-corrected chi connectivity index (χ1v) is 1.64. The van der Waals surface area contributed by atoms with Gasteiger partial charge < -0.3 is 46.0 Å². The zero-order valence-electron chi connectivity index (χ0n) is 5.35. The minimum Gasteiger partial charge on any atom is -0.356 e. The fraction of sp³-hybridized carbons (Fsp3) is 0. The average Bonchev–Trinajstić information content (AvgIpc) is 1.54. The van der Waals surface area contributed by atoms with E-state index in [9.17, 15) is 0 Å². The molecule has 0 unspecified atom stereocenters. The van der Waals surface area contributed by atoms with Crippen molar-refractivity contribution in [2.45, 2.75) is 0 Å². The summed E-state index contributed by atoms with van der Waals surface area (Å²) in [5.41, 5.74) is 0. The molecule has 0 aliphatic carbocycles. The zero-order valence-corrected chi connectivity index (χ0v) is 6.99. The topological polar surface area (TPSA) is 199 Å². The van der Waals surface area contributed by atoms with Crippen LogP contribution in [0.3, 0.4) is 0 Å². The van der Waals surface area contributed by atoms with Gasteiger partial charge in [-0.3, -0.25) is 0 Å². The summed E-state index contributed by atoms with van der Waals surface area (Å²) in [6.45, 7) is 0. The second-order valence-electron chi connectivity index (χ2n) is 0.671. The molecule has 13 heavy (non-hydrogen) atoms. The molecule has 0 amide bonds. The van der Waals surface area contributed by atoms with Crippen molar-refractivity contribution >= 4 is 0 Å². The summed E-state index contributed by atoms with van der Waals surface area (Å²) in [6.07, 6.45) is 0. The van der Waals surface area contributed by atoms with E-state index in [-0.39, 0.29) is 19.5 Å². The standard InChI is InChI=1S/3NO3.Rh/c3*2-1(3)4;/q3*-1;+3. The second-order valence-corrected chi connectivity index (χ2v) is 0.671. The van der Waals surface area contributed by atoms with E-state index < -0.39 is 15.3 Å². The molecule has 0 atom stereocenters. The molecule has 0 fully saturated rings. The van der Waals surface area contributed by atoms with E-state index in [1.54, 1.807) is 0 Å². The average molecular weight is 289 g/mol. The second kappa shape index (κ2) is 16.7. The zero-order chi connectivity index (χ0) is 10.7. The van der Waals surface area contributed by atoms with Crippen LogP contribution < -0.4 is 0 Å². The Morgan fingerprint density at radius 2 is 0.538 bits per heavy atom. The Hall–Kier alpha value is -1.78. The van der Waals surface area contributed by atoms with E-state index in [1.807, 2.05) is 0 Å². The predicted molar refractivity (Wildman–Crippen MR) is 31.1 cm³/mol. The number of rotatable bonds is 0. The summed E-state index contributed by atoms with van der Waals surface area (Å²) in [7, 11) is 0. The maximum Gasteiger partial charge on any atom is 3.00 e. The Bertz CT molecular complexity index is 112. The van der Waals surface area contributed by atoms with Crippen molar-refractivity contribution in [3.63, 3.8) is 0 Å². The van der Waals surface area contributed by atoms with Crippen molar-refractivity contribution in [3.05, 3.63) is 46.0 Å². The molecule has 0 saturated heterocycles. The third kappa shape index (κ3) is 219. The minimum absolute atomic E-state index is 0. The van der Waals surface area contributed by atoms with Crippen LogP contribution in [-0.4, -0.2) is 15.3 Å². The van der Waals surface area contributed by atoms with Gasteiger partial charge in [-0.1, -0.05) is 0 Å². The SMILES string of the molecule is O=[N+]([O-])[O-].O=[N+]([O-])[O-].O=[N+]([O-])[O-].[Rh+3]. The molecule has 0 spiro atoms. The van der Waals surface area contributed by atoms with Gasteiger partial charge in [0.15, 0.2) is 0 Å². The number of nitrogens with zero attached hydrogens (tertiary/aromatic N) is 3. The Balaban J connectivity index is -0.0000000450. The summed E-state index contributed by atoms with van der Waals surface area (Å²) < 4.78 is 0. The smallest absolute Gasteiger partial charge is 0.356 e. The largest absolute Gasteiger partial charge is 3.00 e. The van der Waals surface area contributed by atoms with Crippen LogP contribution in [0.4, 0.5) is 0 Å². The third-order valence-electron chi connectivity index (χ3n) is 0. The Morgan fingerprint density at radius 1 is 0.538 bits per heavy atom. The predicted octanol–water partition coefficient (Wildman–Crippen LogP) is -0.720. The molecule has 0 N–H and O–H groups in total. The molecular formula is N3O9Rh. The van der Waals surface area contributed by atoms with E-state index in [1.165, 1.54) is 0 Å². The van der Waals surface area contributed by atoms with Gasteiger partial charge in [-0.25, -0.2) is 0 Å². The maximum atomic E-state index is 8.25. The number of hydrogen-bond acceptors (Lipinski definition) is 9. The molecule has 0 aromatic rings. The van der Waals surface area contributed by atoms with E-state index in [2.05, 4.69) is 0 Å². The van der Waals surface area contributed by atoms with Crippen molar-refractivity contribution < 1.29 is 34.7 Å². The fourth-order valence-corrected chi connectivity index (χ4v) is 0. The first-order chi connectivity index (χ1) is 5.20. The van der Waals surface area contributed by atoms with Gasteiger partial charge in [-0.15, -0.1) is 0 Å². The molecule has 78 valence electrons. The van der Waals surface area contributed by atoms with Gasteiger partial charge in [-0.05, 0) is 0 Å². The molecule has 13 heteroatoms. The molecule has 0 heterocycles. The molecule has 0 rings (SSSR count). The van der Waals surface area contributed by atoms with Crippen molar-refractivity contribution in [1.29, 1.82) is 0 Å².